The molecule has 4 rings (SSSR count). The third-order valence-electron chi connectivity index (χ3n) is 4.07. The van der Waals surface area contributed by atoms with Gasteiger partial charge in [-0.25, -0.2) is 4.68 Å². The molecule has 0 unspecified atom stereocenters. The van der Waals surface area contributed by atoms with Gasteiger partial charge in [0.2, 0.25) is 0 Å². The van der Waals surface area contributed by atoms with Gasteiger partial charge < -0.3 is 5.32 Å². The van der Waals surface area contributed by atoms with E-state index in [0.29, 0.717) is 28.3 Å². The number of fused-ring (bicyclic) bond motifs is 1. The van der Waals surface area contributed by atoms with Gasteiger partial charge in [0.05, 0.1) is 22.8 Å². The van der Waals surface area contributed by atoms with E-state index in [0.717, 1.165) is 11.1 Å². The van der Waals surface area contributed by atoms with Crippen molar-refractivity contribution < 1.29 is 4.79 Å². The van der Waals surface area contributed by atoms with Crippen LogP contribution in [0.4, 0.5) is 5.69 Å². The number of halogens is 1. The summed E-state index contributed by atoms with van der Waals surface area (Å²) in [4.78, 5) is 12.5. The monoisotopic (exact) mass is 362 g/mol. The molecular formula is C20H15ClN4O. The number of aromatic nitrogens is 3. The normalized spacial score (nSPS) is 10.8. The Morgan fingerprint density at radius 1 is 1.00 bits per heavy atom. The van der Waals surface area contributed by atoms with E-state index in [-0.39, 0.29) is 5.91 Å². The quantitative estimate of drug-likeness (QED) is 0.586. The number of hydrogen-bond acceptors (Lipinski definition) is 3. The Labute approximate surface area is 155 Å². The standard InChI is InChI=1S/C20H15ClN4O/c21-16-8-4-5-9-17(16)22-20(26)15-10-11-19-18(12-15)23-24-25(19)13-14-6-2-1-3-7-14/h1-12H,13H2,(H,22,26). The van der Waals surface area contributed by atoms with Crippen LogP contribution < -0.4 is 5.32 Å². The average Bonchev–Trinajstić information content (AvgIpc) is 3.06. The van der Waals surface area contributed by atoms with Crippen molar-refractivity contribution in [3.63, 3.8) is 0 Å². The van der Waals surface area contributed by atoms with Crippen LogP contribution in [0.1, 0.15) is 15.9 Å². The first-order chi connectivity index (χ1) is 12.7. The molecule has 0 fully saturated rings. The Kier molecular flexibility index (Phi) is 4.37. The van der Waals surface area contributed by atoms with Gasteiger partial charge in [-0.3, -0.25) is 4.79 Å². The highest BCUT2D eigenvalue weighted by Gasteiger charge is 2.12. The molecule has 0 aliphatic heterocycles. The zero-order chi connectivity index (χ0) is 17.9. The van der Waals surface area contributed by atoms with Crippen LogP contribution in [-0.2, 0) is 6.54 Å². The van der Waals surface area contributed by atoms with Gasteiger partial charge in [-0.2, -0.15) is 0 Å². The first-order valence-corrected chi connectivity index (χ1v) is 8.51. The molecule has 4 aromatic rings. The number of rotatable bonds is 4. The third-order valence-corrected chi connectivity index (χ3v) is 4.40. The number of nitrogens with one attached hydrogen (secondary N) is 1. The van der Waals surface area contributed by atoms with Crippen LogP contribution in [0.25, 0.3) is 11.0 Å². The number of anilines is 1. The molecule has 6 heteroatoms. The van der Waals surface area contributed by atoms with Gasteiger partial charge in [-0.1, -0.05) is 59.3 Å². The second-order valence-corrected chi connectivity index (χ2v) is 6.28. The van der Waals surface area contributed by atoms with Crippen molar-refractivity contribution in [1.82, 2.24) is 15.0 Å². The molecule has 0 saturated carbocycles. The molecule has 0 spiro atoms. The number of hydrogen-bond donors (Lipinski definition) is 1. The predicted octanol–water partition coefficient (Wildman–Crippen LogP) is 4.39. The Morgan fingerprint density at radius 2 is 1.77 bits per heavy atom. The molecule has 1 N–H and O–H groups in total. The van der Waals surface area contributed by atoms with E-state index in [2.05, 4.69) is 15.6 Å². The molecule has 1 heterocycles. The van der Waals surface area contributed by atoms with Crippen LogP contribution in [0.3, 0.4) is 0 Å². The van der Waals surface area contributed by atoms with E-state index >= 15 is 0 Å². The fourth-order valence-corrected chi connectivity index (χ4v) is 2.93. The summed E-state index contributed by atoms with van der Waals surface area (Å²) in [5.41, 5.74) is 3.77. The van der Waals surface area contributed by atoms with Crippen molar-refractivity contribution in [2.75, 3.05) is 5.32 Å². The lowest BCUT2D eigenvalue weighted by atomic mass is 10.1. The van der Waals surface area contributed by atoms with E-state index in [1.807, 2.05) is 53.2 Å². The molecule has 0 aliphatic carbocycles. The molecule has 5 nitrogen and oxygen atoms in total. The fraction of sp³-hybridized carbons (Fsp3) is 0.0500. The summed E-state index contributed by atoms with van der Waals surface area (Å²) in [5.74, 6) is -0.238. The van der Waals surface area contributed by atoms with E-state index in [1.165, 1.54) is 0 Å². The van der Waals surface area contributed by atoms with Crippen molar-refractivity contribution in [3.05, 3.63) is 88.9 Å². The summed E-state index contributed by atoms with van der Waals surface area (Å²) in [6.45, 7) is 0.627. The summed E-state index contributed by atoms with van der Waals surface area (Å²) in [7, 11) is 0. The van der Waals surface area contributed by atoms with Crippen molar-refractivity contribution in [2.45, 2.75) is 6.54 Å². The minimum absolute atomic E-state index is 0.238. The Bertz CT molecular complexity index is 1080. The van der Waals surface area contributed by atoms with E-state index in [1.54, 1.807) is 24.3 Å². The van der Waals surface area contributed by atoms with Crippen LogP contribution in [0.15, 0.2) is 72.8 Å². The number of carbonyl (C=O) groups excluding carboxylic acids is 1. The summed E-state index contributed by atoms with van der Waals surface area (Å²) in [6.07, 6.45) is 0. The number of carbonyl (C=O) groups is 1. The van der Waals surface area contributed by atoms with Gasteiger partial charge in [0.25, 0.3) is 5.91 Å². The molecule has 0 radical (unpaired) electrons. The van der Waals surface area contributed by atoms with Gasteiger partial charge in [0.15, 0.2) is 0 Å². The number of benzene rings is 3. The maximum Gasteiger partial charge on any atom is 0.255 e. The highest BCUT2D eigenvalue weighted by molar-refractivity contribution is 6.33. The average molecular weight is 363 g/mol. The topological polar surface area (TPSA) is 59.8 Å². The molecule has 26 heavy (non-hydrogen) atoms. The smallest absolute Gasteiger partial charge is 0.255 e. The van der Waals surface area contributed by atoms with E-state index in [4.69, 9.17) is 11.6 Å². The first-order valence-electron chi connectivity index (χ1n) is 8.14. The van der Waals surface area contributed by atoms with E-state index in [9.17, 15) is 4.79 Å². The predicted molar refractivity (Wildman–Crippen MR) is 102 cm³/mol. The molecule has 0 atom stereocenters. The largest absolute Gasteiger partial charge is 0.321 e. The second kappa shape index (κ2) is 6.98. The number of nitrogens with zero attached hydrogens (tertiary/aromatic N) is 3. The highest BCUT2D eigenvalue weighted by Crippen LogP contribution is 2.22. The molecule has 128 valence electrons. The molecule has 0 bridgehead atoms. The maximum atomic E-state index is 12.5. The Morgan fingerprint density at radius 3 is 2.58 bits per heavy atom. The van der Waals surface area contributed by atoms with Gasteiger partial charge in [0, 0.05) is 5.56 Å². The molecule has 0 saturated heterocycles. The van der Waals surface area contributed by atoms with Crippen molar-refractivity contribution >= 4 is 34.2 Å². The van der Waals surface area contributed by atoms with Crippen LogP contribution in [-0.4, -0.2) is 20.9 Å². The summed E-state index contributed by atoms with van der Waals surface area (Å²) < 4.78 is 1.82. The molecular weight excluding hydrogens is 348 g/mol. The summed E-state index contributed by atoms with van der Waals surface area (Å²) in [6, 6.07) is 22.5. The lowest BCUT2D eigenvalue weighted by Crippen LogP contribution is -2.12. The maximum absolute atomic E-state index is 12.5. The van der Waals surface area contributed by atoms with Crippen molar-refractivity contribution in [1.29, 1.82) is 0 Å². The fourth-order valence-electron chi connectivity index (χ4n) is 2.74. The minimum atomic E-state index is -0.238. The lowest BCUT2D eigenvalue weighted by molar-refractivity contribution is 0.102. The van der Waals surface area contributed by atoms with Gasteiger partial charge >= 0.3 is 0 Å². The van der Waals surface area contributed by atoms with Crippen LogP contribution in [0, 0.1) is 0 Å². The van der Waals surface area contributed by atoms with Crippen LogP contribution >= 0.6 is 11.6 Å². The van der Waals surface area contributed by atoms with Gasteiger partial charge in [-0.05, 0) is 35.9 Å². The third kappa shape index (κ3) is 3.30. The molecule has 0 aliphatic rings. The van der Waals surface area contributed by atoms with Crippen molar-refractivity contribution in [3.8, 4) is 0 Å². The Hall–Kier alpha value is -3.18. The van der Waals surface area contributed by atoms with Crippen LogP contribution in [0.2, 0.25) is 5.02 Å². The summed E-state index contributed by atoms with van der Waals surface area (Å²) in [5, 5.41) is 11.7. The lowest BCUT2D eigenvalue weighted by Gasteiger charge is -2.07. The first kappa shape index (κ1) is 16.3. The summed E-state index contributed by atoms with van der Waals surface area (Å²) >= 11 is 6.09. The SMILES string of the molecule is O=C(Nc1ccccc1Cl)c1ccc2c(c1)nnn2Cc1ccccc1. The van der Waals surface area contributed by atoms with Crippen LogP contribution in [0.5, 0.6) is 0 Å². The van der Waals surface area contributed by atoms with Gasteiger partial charge in [0.1, 0.15) is 5.52 Å². The second-order valence-electron chi connectivity index (χ2n) is 5.87. The molecule has 3 aromatic carbocycles. The van der Waals surface area contributed by atoms with Crippen molar-refractivity contribution in [2.24, 2.45) is 0 Å². The zero-order valence-electron chi connectivity index (χ0n) is 13.8. The highest BCUT2D eigenvalue weighted by atomic mass is 35.5. The molecule has 1 amide bonds. The number of amides is 1. The molecule has 1 aromatic heterocycles. The van der Waals surface area contributed by atoms with Gasteiger partial charge in [-0.15, -0.1) is 5.10 Å². The zero-order valence-corrected chi connectivity index (χ0v) is 14.5. The minimum Gasteiger partial charge on any atom is -0.321 e. The Balaban J connectivity index is 1.58. The number of para-hydroxylation sites is 1. The van der Waals surface area contributed by atoms with E-state index < -0.39 is 0 Å².